The van der Waals surface area contributed by atoms with Crippen LogP contribution >= 0.6 is 23.1 Å². The number of hydrogen-bond acceptors (Lipinski definition) is 5. The zero-order chi connectivity index (χ0) is 20.4. The van der Waals surface area contributed by atoms with Gasteiger partial charge in [-0.2, -0.15) is 0 Å². The van der Waals surface area contributed by atoms with E-state index in [-0.39, 0.29) is 0 Å². The van der Waals surface area contributed by atoms with Crippen LogP contribution in [0.5, 0.6) is 0 Å². The molecule has 2 heterocycles. The van der Waals surface area contributed by atoms with Crippen molar-refractivity contribution in [3.05, 3.63) is 70.7 Å². The minimum absolute atomic E-state index is 0.526. The van der Waals surface area contributed by atoms with Crippen LogP contribution in [-0.4, -0.2) is 19.7 Å². The highest BCUT2D eigenvalue weighted by Gasteiger charge is 2.13. The van der Waals surface area contributed by atoms with Crippen LogP contribution in [0.2, 0.25) is 0 Å². The fourth-order valence-corrected chi connectivity index (χ4v) is 4.78. The maximum absolute atomic E-state index is 4.79. The first kappa shape index (κ1) is 19.9. The molecule has 0 fully saturated rings. The SMILES string of the molecule is Cc1ccc(-c2nc(CSc3nnc(-c4ccc(C(C)C)cc4)n3C)cs2)cc1. The highest BCUT2D eigenvalue weighted by molar-refractivity contribution is 7.98. The van der Waals surface area contributed by atoms with Crippen molar-refractivity contribution in [3.8, 4) is 22.0 Å². The molecule has 2 aromatic carbocycles. The van der Waals surface area contributed by atoms with Gasteiger partial charge in [-0.05, 0) is 18.4 Å². The quantitative estimate of drug-likeness (QED) is 0.342. The number of aromatic nitrogens is 4. The first-order valence-electron chi connectivity index (χ1n) is 9.65. The molecular formula is C23H24N4S2. The molecule has 0 atom stereocenters. The van der Waals surface area contributed by atoms with Crippen LogP contribution in [0.4, 0.5) is 0 Å². The summed E-state index contributed by atoms with van der Waals surface area (Å²) < 4.78 is 2.06. The highest BCUT2D eigenvalue weighted by Crippen LogP contribution is 2.29. The van der Waals surface area contributed by atoms with Gasteiger partial charge in [0.15, 0.2) is 11.0 Å². The van der Waals surface area contributed by atoms with Crippen LogP contribution in [0.15, 0.2) is 59.1 Å². The van der Waals surface area contributed by atoms with Crippen LogP contribution in [0, 0.1) is 6.92 Å². The Labute approximate surface area is 180 Å². The van der Waals surface area contributed by atoms with Gasteiger partial charge in [0.25, 0.3) is 0 Å². The molecule has 0 bridgehead atoms. The molecule has 6 heteroatoms. The minimum atomic E-state index is 0.526. The lowest BCUT2D eigenvalue weighted by molar-refractivity contribution is 0.793. The van der Waals surface area contributed by atoms with Crippen molar-refractivity contribution in [2.75, 3.05) is 0 Å². The smallest absolute Gasteiger partial charge is 0.191 e. The van der Waals surface area contributed by atoms with Gasteiger partial charge in [-0.1, -0.05) is 79.7 Å². The van der Waals surface area contributed by atoms with E-state index >= 15 is 0 Å². The fourth-order valence-electron chi connectivity index (χ4n) is 3.05. The molecule has 4 nitrogen and oxygen atoms in total. The zero-order valence-corrected chi connectivity index (χ0v) is 18.7. The molecule has 0 saturated heterocycles. The summed E-state index contributed by atoms with van der Waals surface area (Å²) in [6.07, 6.45) is 0. The van der Waals surface area contributed by atoms with Gasteiger partial charge in [-0.3, -0.25) is 0 Å². The molecule has 0 aliphatic rings. The summed E-state index contributed by atoms with van der Waals surface area (Å²) in [5.41, 5.74) is 5.92. The molecule has 4 rings (SSSR count). The molecule has 0 saturated carbocycles. The molecule has 4 aromatic rings. The molecule has 0 N–H and O–H groups in total. The van der Waals surface area contributed by atoms with Crippen LogP contribution in [0.3, 0.4) is 0 Å². The third-order valence-corrected chi connectivity index (χ3v) is 6.86. The molecule has 0 aliphatic carbocycles. The second kappa shape index (κ2) is 8.51. The Morgan fingerprint density at radius 1 is 0.966 bits per heavy atom. The van der Waals surface area contributed by atoms with E-state index in [1.54, 1.807) is 23.1 Å². The zero-order valence-electron chi connectivity index (χ0n) is 17.1. The Hall–Kier alpha value is -2.44. The predicted molar refractivity (Wildman–Crippen MR) is 122 cm³/mol. The molecule has 0 spiro atoms. The summed E-state index contributed by atoms with van der Waals surface area (Å²) in [6, 6.07) is 17.1. The molecular weight excluding hydrogens is 396 g/mol. The average Bonchev–Trinajstić information content (AvgIpc) is 3.34. The summed E-state index contributed by atoms with van der Waals surface area (Å²) in [5.74, 6) is 2.19. The maximum atomic E-state index is 4.79. The van der Waals surface area contributed by atoms with Crippen LogP contribution in [0.1, 0.15) is 36.6 Å². The Bertz CT molecular complexity index is 1090. The topological polar surface area (TPSA) is 43.6 Å². The van der Waals surface area contributed by atoms with Crippen LogP contribution in [-0.2, 0) is 12.8 Å². The molecule has 2 aromatic heterocycles. The first-order chi connectivity index (χ1) is 14.0. The standard InChI is InChI=1S/C23H24N4S2/c1-15(2)17-9-11-18(12-10-17)21-25-26-23(27(21)4)29-14-20-13-28-22(24-20)19-7-5-16(3)6-8-19/h5-13,15H,14H2,1-4H3. The second-order valence-electron chi connectivity index (χ2n) is 7.44. The van der Waals surface area contributed by atoms with Gasteiger partial charge < -0.3 is 4.57 Å². The Balaban J connectivity index is 1.45. The van der Waals surface area contributed by atoms with Crippen LogP contribution in [0.25, 0.3) is 22.0 Å². The highest BCUT2D eigenvalue weighted by atomic mass is 32.2. The van der Waals surface area contributed by atoms with Crippen molar-refractivity contribution < 1.29 is 0 Å². The van der Waals surface area contributed by atoms with E-state index in [1.165, 1.54) is 16.7 Å². The molecule has 0 amide bonds. The third kappa shape index (κ3) is 4.43. The van der Waals surface area contributed by atoms with E-state index < -0.39 is 0 Å². The lowest BCUT2D eigenvalue weighted by Crippen LogP contribution is -1.96. The van der Waals surface area contributed by atoms with Crippen molar-refractivity contribution >= 4 is 23.1 Å². The van der Waals surface area contributed by atoms with Gasteiger partial charge in [0.05, 0.1) is 5.69 Å². The fraction of sp³-hybridized carbons (Fsp3) is 0.261. The monoisotopic (exact) mass is 420 g/mol. The van der Waals surface area contributed by atoms with Crippen molar-refractivity contribution in [1.82, 2.24) is 19.7 Å². The van der Waals surface area contributed by atoms with E-state index in [0.29, 0.717) is 5.92 Å². The summed E-state index contributed by atoms with van der Waals surface area (Å²) >= 11 is 3.35. The minimum Gasteiger partial charge on any atom is -0.305 e. The van der Waals surface area contributed by atoms with Crippen molar-refractivity contribution in [3.63, 3.8) is 0 Å². The summed E-state index contributed by atoms with van der Waals surface area (Å²) in [4.78, 5) is 4.79. The summed E-state index contributed by atoms with van der Waals surface area (Å²) in [6.45, 7) is 6.51. The van der Waals surface area contributed by atoms with Crippen LogP contribution < -0.4 is 0 Å². The Morgan fingerprint density at radius 3 is 2.34 bits per heavy atom. The number of rotatable bonds is 6. The number of thioether (sulfide) groups is 1. The molecule has 148 valence electrons. The van der Waals surface area contributed by atoms with E-state index in [9.17, 15) is 0 Å². The largest absolute Gasteiger partial charge is 0.305 e. The summed E-state index contributed by atoms with van der Waals surface area (Å²) in [7, 11) is 2.02. The lowest BCUT2D eigenvalue weighted by atomic mass is 10.0. The molecule has 0 aliphatic heterocycles. The van der Waals surface area contributed by atoms with Crippen molar-refractivity contribution in [1.29, 1.82) is 0 Å². The van der Waals surface area contributed by atoms with E-state index in [2.05, 4.69) is 89.4 Å². The first-order valence-corrected chi connectivity index (χ1v) is 11.5. The maximum Gasteiger partial charge on any atom is 0.191 e. The predicted octanol–water partition coefficient (Wildman–Crippen LogP) is 6.33. The molecule has 0 radical (unpaired) electrons. The Kier molecular flexibility index (Phi) is 5.83. The molecule has 0 unspecified atom stereocenters. The molecule has 29 heavy (non-hydrogen) atoms. The summed E-state index contributed by atoms with van der Waals surface area (Å²) in [5, 5.41) is 12.9. The normalized spacial score (nSPS) is 11.3. The number of nitrogens with zero attached hydrogens (tertiary/aromatic N) is 4. The van der Waals surface area contributed by atoms with Gasteiger partial charge in [0.2, 0.25) is 0 Å². The lowest BCUT2D eigenvalue weighted by Gasteiger charge is -2.07. The average molecular weight is 421 g/mol. The number of thiazole rings is 1. The van der Waals surface area contributed by atoms with Gasteiger partial charge in [0, 0.05) is 29.3 Å². The number of aryl methyl sites for hydroxylation is 1. The third-order valence-electron chi connectivity index (χ3n) is 4.87. The van der Waals surface area contributed by atoms with Gasteiger partial charge in [-0.15, -0.1) is 21.5 Å². The second-order valence-corrected chi connectivity index (χ2v) is 9.24. The van der Waals surface area contributed by atoms with Gasteiger partial charge >= 0.3 is 0 Å². The number of hydrogen-bond donors (Lipinski definition) is 0. The number of benzene rings is 2. The van der Waals surface area contributed by atoms with Gasteiger partial charge in [-0.25, -0.2) is 4.98 Å². The van der Waals surface area contributed by atoms with Crippen molar-refractivity contribution in [2.45, 2.75) is 37.6 Å². The van der Waals surface area contributed by atoms with E-state index in [4.69, 9.17) is 4.98 Å². The van der Waals surface area contributed by atoms with E-state index in [0.717, 1.165) is 33.0 Å². The Morgan fingerprint density at radius 2 is 1.66 bits per heavy atom. The van der Waals surface area contributed by atoms with Crippen molar-refractivity contribution in [2.24, 2.45) is 7.05 Å². The van der Waals surface area contributed by atoms with E-state index in [1.807, 2.05) is 7.05 Å². The van der Waals surface area contributed by atoms with Gasteiger partial charge in [0.1, 0.15) is 5.01 Å².